The molecular weight excluding hydrogens is 259 g/mol. The molecule has 2 N–H and O–H groups in total. The van der Waals surface area contributed by atoms with Gasteiger partial charge >= 0.3 is 0 Å². The Balaban J connectivity index is 2.21. The van der Waals surface area contributed by atoms with E-state index in [1.807, 2.05) is 6.92 Å². The number of hydrogen-bond acceptors (Lipinski definition) is 4. The van der Waals surface area contributed by atoms with Gasteiger partial charge in [-0.05, 0) is 19.3 Å². The Hall–Kier alpha value is -1.49. The molecule has 1 saturated heterocycles. The minimum Gasteiger partial charge on any atom is -0.490 e. The Bertz CT molecular complexity index is 454. The molecule has 0 radical (unpaired) electrons. The van der Waals surface area contributed by atoms with Crippen LogP contribution in [0.3, 0.4) is 0 Å². The van der Waals surface area contributed by atoms with Crippen molar-refractivity contribution in [2.24, 2.45) is 0 Å². The largest absolute Gasteiger partial charge is 0.490 e. The van der Waals surface area contributed by atoms with Gasteiger partial charge in [0, 0.05) is 32.3 Å². The number of nitrogen functional groups attached to an aromatic ring is 1. The van der Waals surface area contributed by atoms with Gasteiger partial charge in [-0.3, -0.25) is 0 Å². The zero-order chi connectivity index (χ0) is 14.5. The van der Waals surface area contributed by atoms with Crippen LogP contribution in [0.1, 0.15) is 26.2 Å². The summed E-state index contributed by atoms with van der Waals surface area (Å²) in [4.78, 5) is 2.14. The average molecular weight is 282 g/mol. The van der Waals surface area contributed by atoms with Crippen LogP contribution in [0, 0.1) is 5.82 Å². The number of anilines is 2. The van der Waals surface area contributed by atoms with Gasteiger partial charge < -0.3 is 20.1 Å². The molecule has 0 spiro atoms. The fourth-order valence-corrected chi connectivity index (χ4v) is 2.50. The number of ether oxygens (including phenoxy) is 2. The Morgan fingerprint density at radius 3 is 2.95 bits per heavy atom. The first kappa shape index (κ1) is 14.9. The van der Waals surface area contributed by atoms with Gasteiger partial charge in [-0.2, -0.15) is 0 Å². The van der Waals surface area contributed by atoms with E-state index in [-0.39, 0.29) is 11.9 Å². The van der Waals surface area contributed by atoms with Crippen molar-refractivity contribution >= 4 is 11.4 Å². The number of methoxy groups -OCH3 is 1. The normalized spacial score (nSPS) is 19.1. The minimum atomic E-state index is -0.403. The predicted octanol–water partition coefficient (Wildman–Crippen LogP) is 2.81. The molecule has 2 rings (SSSR count). The maximum atomic E-state index is 13.8. The Morgan fingerprint density at radius 2 is 2.25 bits per heavy atom. The molecule has 1 atom stereocenters. The average Bonchev–Trinajstić information content (AvgIpc) is 2.46. The third-order valence-corrected chi connectivity index (χ3v) is 3.60. The molecule has 1 aliphatic rings. The molecular formula is C15H23FN2O2. The van der Waals surface area contributed by atoms with Gasteiger partial charge in [-0.15, -0.1) is 0 Å². The summed E-state index contributed by atoms with van der Waals surface area (Å²) in [5.41, 5.74) is 7.24. The van der Waals surface area contributed by atoms with Crippen LogP contribution in [0.25, 0.3) is 0 Å². The van der Waals surface area contributed by atoms with Crippen LogP contribution >= 0.6 is 0 Å². The summed E-state index contributed by atoms with van der Waals surface area (Å²) < 4.78 is 24.7. The van der Waals surface area contributed by atoms with Crippen molar-refractivity contribution in [3.63, 3.8) is 0 Å². The molecule has 5 heteroatoms. The van der Waals surface area contributed by atoms with Crippen LogP contribution in [-0.2, 0) is 4.74 Å². The van der Waals surface area contributed by atoms with Crippen molar-refractivity contribution in [1.82, 2.24) is 0 Å². The van der Waals surface area contributed by atoms with Crippen molar-refractivity contribution < 1.29 is 13.9 Å². The molecule has 1 heterocycles. The summed E-state index contributed by atoms with van der Waals surface area (Å²) in [6.45, 7) is 4.17. The van der Waals surface area contributed by atoms with Crippen molar-refractivity contribution in [3.05, 3.63) is 17.9 Å². The molecule has 1 aliphatic heterocycles. The number of piperidine rings is 1. The monoisotopic (exact) mass is 282 g/mol. The number of halogens is 1. The highest BCUT2D eigenvalue weighted by molar-refractivity contribution is 5.70. The Kier molecular flexibility index (Phi) is 5.06. The summed E-state index contributed by atoms with van der Waals surface area (Å²) in [5.74, 6) is -0.129. The maximum Gasteiger partial charge on any atom is 0.167 e. The summed E-state index contributed by atoms with van der Waals surface area (Å²) in [6.07, 6.45) is 3.13. The molecule has 0 amide bonds. The lowest BCUT2D eigenvalue weighted by molar-refractivity contribution is 0.0893. The lowest BCUT2D eigenvalue weighted by Crippen LogP contribution is -2.39. The van der Waals surface area contributed by atoms with E-state index in [2.05, 4.69) is 4.90 Å². The molecule has 0 bridgehead atoms. The minimum absolute atomic E-state index is 0.202. The third-order valence-electron chi connectivity index (χ3n) is 3.60. The number of hydrogen-bond donors (Lipinski definition) is 1. The van der Waals surface area contributed by atoms with E-state index in [9.17, 15) is 4.39 Å². The van der Waals surface area contributed by atoms with Crippen LogP contribution in [0.2, 0.25) is 0 Å². The molecule has 0 aromatic heterocycles. The van der Waals surface area contributed by atoms with Crippen LogP contribution in [-0.4, -0.2) is 32.9 Å². The molecule has 20 heavy (non-hydrogen) atoms. The van der Waals surface area contributed by atoms with E-state index in [0.29, 0.717) is 12.3 Å². The topological polar surface area (TPSA) is 47.7 Å². The van der Waals surface area contributed by atoms with Crippen LogP contribution in [0.15, 0.2) is 12.1 Å². The van der Waals surface area contributed by atoms with Crippen molar-refractivity contribution in [1.29, 1.82) is 0 Å². The smallest absolute Gasteiger partial charge is 0.167 e. The number of nitrogens with two attached hydrogens (primary N) is 1. The predicted molar refractivity (Wildman–Crippen MR) is 78.8 cm³/mol. The second kappa shape index (κ2) is 6.79. The summed E-state index contributed by atoms with van der Waals surface area (Å²) in [5, 5.41) is 0. The summed E-state index contributed by atoms with van der Waals surface area (Å²) in [7, 11) is 1.72. The number of rotatable bonds is 5. The first-order chi connectivity index (χ1) is 9.65. The zero-order valence-corrected chi connectivity index (χ0v) is 12.2. The molecule has 4 nitrogen and oxygen atoms in total. The number of nitrogens with zero attached hydrogens (tertiary/aromatic N) is 1. The van der Waals surface area contributed by atoms with Gasteiger partial charge in [-0.25, -0.2) is 4.39 Å². The number of benzene rings is 1. The molecule has 112 valence electrons. The highest BCUT2D eigenvalue weighted by Gasteiger charge is 2.22. The molecule has 1 aromatic rings. The van der Waals surface area contributed by atoms with Crippen molar-refractivity contribution in [3.8, 4) is 5.75 Å². The van der Waals surface area contributed by atoms with Gasteiger partial charge in [0.25, 0.3) is 0 Å². The SMILES string of the molecule is CCCOc1cc(N2CCCC(OC)C2)c(N)cc1F. The van der Waals surface area contributed by atoms with E-state index in [1.165, 1.54) is 6.07 Å². The van der Waals surface area contributed by atoms with Crippen LogP contribution < -0.4 is 15.4 Å². The Labute approximate surface area is 119 Å². The van der Waals surface area contributed by atoms with Crippen LogP contribution in [0.4, 0.5) is 15.8 Å². The molecule has 0 saturated carbocycles. The van der Waals surface area contributed by atoms with E-state index in [0.717, 1.165) is 38.0 Å². The fourth-order valence-electron chi connectivity index (χ4n) is 2.50. The second-order valence-electron chi connectivity index (χ2n) is 5.14. The highest BCUT2D eigenvalue weighted by atomic mass is 19.1. The first-order valence-corrected chi connectivity index (χ1v) is 7.15. The van der Waals surface area contributed by atoms with Crippen LogP contribution in [0.5, 0.6) is 5.75 Å². The second-order valence-corrected chi connectivity index (χ2v) is 5.14. The van der Waals surface area contributed by atoms with Crippen molar-refractivity contribution in [2.75, 3.05) is 37.4 Å². The Morgan fingerprint density at radius 1 is 1.45 bits per heavy atom. The highest BCUT2D eigenvalue weighted by Crippen LogP contribution is 2.33. The molecule has 1 unspecified atom stereocenters. The van der Waals surface area contributed by atoms with E-state index in [4.69, 9.17) is 15.2 Å². The van der Waals surface area contributed by atoms with Gasteiger partial charge in [0.15, 0.2) is 11.6 Å². The first-order valence-electron chi connectivity index (χ1n) is 7.15. The van der Waals surface area contributed by atoms with Crippen molar-refractivity contribution in [2.45, 2.75) is 32.3 Å². The summed E-state index contributed by atoms with van der Waals surface area (Å²) >= 11 is 0. The van der Waals surface area contributed by atoms with E-state index >= 15 is 0 Å². The van der Waals surface area contributed by atoms with Gasteiger partial charge in [-0.1, -0.05) is 6.92 Å². The van der Waals surface area contributed by atoms with Gasteiger partial charge in [0.05, 0.1) is 24.1 Å². The standard InChI is InChI=1S/C15H23FN2O2/c1-3-7-20-15-9-14(13(17)8-12(15)16)18-6-4-5-11(10-18)19-2/h8-9,11H,3-7,10,17H2,1-2H3. The quantitative estimate of drug-likeness (QED) is 0.844. The van der Waals surface area contributed by atoms with E-state index < -0.39 is 5.82 Å². The van der Waals surface area contributed by atoms with Gasteiger partial charge in [0.1, 0.15) is 0 Å². The molecule has 1 aromatic carbocycles. The summed E-state index contributed by atoms with van der Waals surface area (Å²) in [6, 6.07) is 3.05. The lowest BCUT2D eigenvalue weighted by atomic mass is 10.1. The lowest BCUT2D eigenvalue weighted by Gasteiger charge is -2.34. The maximum absolute atomic E-state index is 13.8. The molecule has 0 aliphatic carbocycles. The third kappa shape index (κ3) is 3.33. The fraction of sp³-hybridized carbons (Fsp3) is 0.600. The molecule has 1 fully saturated rings. The van der Waals surface area contributed by atoms with E-state index in [1.54, 1.807) is 13.2 Å². The zero-order valence-electron chi connectivity index (χ0n) is 12.2. The van der Waals surface area contributed by atoms with Gasteiger partial charge in [0.2, 0.25) is 0 Å².